The molecule has 0 radical (unpaired) electrons. The number of nitrogens with one attached hydrogen (secondary N) is 1. The van der Waals surface area contributed by atoms with Crippen molar-refractivity contribution in [2.45, 2.75) is 38.5 Å². The molecule has 0 fully saturated rings. The minimum Gasteiger partial charge on any atom is -0.497 e. The summed E-state index contributed by atoms with van der Waals surface area (Å²) in [6.45, 7) is 4.47. The van der Waals surface area contributed by atoms with Crippen molar-refractivity contribution in [1.29, 1.82) is 0 Å². The van der Waals surface area contributed by atoms with Crippen LogP contribution in [-0.4, -0.2) is 42.2 Å². The average Bonchev–Trinajstić information content (AvgIpc) is 3.34. The highest BCUT2D eigenvalue weighted by molar-refractivity contribution is 5.89. The van der Waals surface area contributed by atoms with Crippen LogP contribution in [0.4, 0.5) is 5.82 Å². The van der Waals surface area contributed by atoms with E-state index in [9.17, 15) is 4.79 Å². The maximum absolute atomic E-state index is 10.8. The molecular formula is C31H35N5O4. The number of nitrogens with two attached hydrogens (primary N) is 1. The van der Waals surface area contributed by atoms with Crippen LogP contribution in [0.3, 0.4) is 0 Å². The van der Waals surface area contributed by atoms with E-state index < -0.39 is 5.60 Å². The van der Waals surface area contributed by atoms with Crippen LogP contribution in [0.25, 0.3) is 0 Å². The van der Waals surface area contributed by atoms with Crippen LogP contribution in [0.5, 0.6) is 11.5 Å². The first-order chi connectivity index (χ1) is 19.4. The molecular weight excluding hydrogens is 506 g/mol. The number of hydrogen-bond donors (Lipinski definition) is 2. The number of hydrogen-bond acceptors (Lipinski definition) is 6. The summed E-state index contributed by atoms with van der Waals surface area (Å²) in [6, 6.07) is 26.1. The van der Waals surface area contributed by atoms with Gasteiger partial charge in [0, 0.05) is 6.54 Å². The normalized spacial score (nSPS) is 12.6. The van der Waals surface area contributed by atoms with Crippen molar-refractivity contribution < 1.29 is 19.0 Å². The maximum Gasteiger partial charge on any atom is 0.213 e. The molecule has 1 aromatic heterocycles. The Morgan fingerprint density at radius 3 is 2.05 bits per heavy atom. The summed E-state index contributed by atoms with van der Waals surface area (Å²) in [5.74, 6) is 2.12. The predicted molar refractivity (Wildman–Crippen MR) is 155 cm³/mol. The summed E-state index contributed by atoms with van der Waals surface area (Å²) in [5.41, 5.74) is 8.53. The van der Waals surface area contributed by atoms with E-state index in [-0.39, 0.29) is 12.1 Å². The van der Waals surface area contributed by atoms with E-state index in [1.165, 1.54) is 0 Å². The lowest BCUT2D eigenvalue weighted by Gasteiger charge is -2.38. The SMILES string of the molecule is COc1ccc(C(O[C@H](C)CCn2cnc(C)c2/N=C(/N)NC=O)(c2ccccc2)c2ccc(OC)cc2)cc1. The first-order valence-electron chi connectivity index (χ1n) is 13.0. The van der Waals surface area contributed by atoms with Gasteiger partial charge in [0.1, 0.15) is 17.1 Å². The van der Waals surface area contributed by atoms with Crippen LogP contribution in [0.15, 0.2) is 90.2 Å². The van der Waals surface area contributed by atoms with E-state index in [1.807, 2.05) is 78.2 Å². The molecule has 0 saturated heterocycles. The van der Waals surface area contributed by atoms with E-state index in [2.05, 4.69) is 34.3 Å². The van der Waals surface area contributed by atoms with Crippen LogP contribution in [-0.2, 0) is 21.7 Å². The molecule has 208 valence electrons. The third-order valence-corrected chi connectivity index (χ3v) is 6.75. The van der Waals surface area contributed by atoms with Gasteiger partial charge in [0.2, 0.25) is 12.4 Å². The lowest BCUT2D eigenvalue weighted by molar-refractivity contribution is -0.108. The van der Waals surface area contributed by atoms with Gasteiger partial charge < -0.3 is 24.5 Å². The number of nitrogens with zero attached hydrogens (tertiary/aromatic N) is 3. The van der Waals surface area contributed by atoms with E-state index in [4.69, 9.17) is 19.9 Å². The Hall–Kier alpha value is -4.63. The standard InChI is InChI=1S/C31H35N5O4/c1-22(18-19-36-20-33-23(2)29(36)35-30(32)34-21-37)40-31(24-8-6-5-7-9-24,25-10-14-27(38-3)15-11-25)26-12-16-28(39-4)17-13-26/h5-17,20-22H,18-19H2,1-4H3,(H3,32,34,35,37)/t22-/m1/s1. The molecule has 0 unspecified atom stereocenters. The lowest BCUT2D eigenvalue weighted by Crippen LogP contribution is -2.36. The fourth-order valence-corrected chi connectivity index (χ4v) is 4.70. The highest BCUT2D eigenvalue weighted by atomic mass is 16.5. The monoisotopic (exact) mass is 541 g/mol. The highest BCUT2D eigenvalue weighted by Gasteiger charge is 2.39. The van der Waals surface area contributed by atoms with Gasteiger partial charge in [-0.3, -0.25) is 10.1 Å². The van der Waals surface area contributed by atoms with Crippen LogP contribution in [0.1, 0.15) is 35.7 Å². The first kappa shape index (κ1) is 28.4. The number of carbonyl (C=O) groups is 1. The van der Waals surface area contributed by atoms with Gasteiger partial charge in [-0.15, -0.1) is 0 Å². The molecule has 40 heavy (non-hydrogen) atoms. The Labute approximate surface area is 234 Å². The summed E-state index contributed by atoms with van der Waals surface area (Å²) in [4.78, 5) is 19.5. The number of imidazole rings is 1. The molecule has 3 aromatic carbocycles. The fourth-order valence-electron chi connectivity index (χ4n) is 4.70. The van der Waals surface area contributed by atoms with Crippen LogP contribution >= 0.6 is 0 Å². The molecule has 9 heteroatoms. The lowest BCUT2D eigenvalue weighted by atomic mass is 9.79. The number of guanidine groups is 1. The molecule has 0 saturated carbocycles. The average molecular weight is 542 g/mol. The number of rotatable bonds is 12. The smallest absolute Gasteiger partial charge is 0.213 e. The summed E-state index contributed by atoms with van der Waals surface area (Å²) in [5, 5.41) is 2.37. The molecule has 0 aliphatic carbocycles. The maximum atomic E-state index is 10.8. The van der Waals surface area contributed by atoms with Gasteiger partial charge >= 0.3 is 0 Å². The number of aryl methyl sites for hydroxylation is 2. The first-order valence-corrected chi connectivity index (χ1v) is 13.0. The number of ether oxygens (including phenoxy) is 3. The van der Waals surface area contributed by atoms with E-state index in [0.717, 1.165) is 28.2 Å². The van der Waals surface area contributed by atoms with Gasteiger partial charge in [-0.25, -0.2) is 4.98 Å². The van der Waals surface area contributed by atoms with Crippen LogP contribution < -0.4 is 20.5 Å². The molecule has 0 bridgehead atoms. The molecule has 4 rings (SSSR count). The van der Waals surface area contributed by atoms with Gasteiger partial charge in [0.05, 0.1) is 32.3 Å². The molecule has 1 atom stereocenters. The number of amides is 1. The fraction of sp³-hybridized carbons (Fsp3) is 0.258. The zero-order valence-corrected chi connectivity index (χ0v) is 23.2. The summed E-state index contributed by atoms with van der Waals surface area (Å²) in [7, 11) is 3.31. The zero-order valence-electron chi connectivity index (χ0n) is 23.2. The molecule has 1 heterocycles. The molecule has 3 N–H and O–H groups in total. The molecule has 1 amide bonds. The second-order valence-corrected chi connectivity index (χ2v) is 9.33. The van der Waals surface area contributed by atoms with E-state index in [1.54, 1.807) is 20.5 Å². The molecule has 9 nitrogen and oxygen atoms in total. The quantitative estimate of drug-likeness (QED) is 0.116. The number of carbonyl (C=O) groups excluding carboxylic acids is 1. The van der Waals surface area contributed by atoms with Crippen molar-refractivity contribution in [2.24, 2.45) is 10.7 Å². The van der Waals surface area contributed by atoms with Crippen LogP contribution in [0, 0.1) is 6.92 Å². The van der Waals surface area contributed by atoms with Gasteiger partial charge in [-0.1, -0.05) is 54.6 Å². The largest absolute Gasteiger partial charge is 0.497 e. The molecule has 0 spiro atoms. The van der Waals surface area contributed by atoms with Crippen molar-refractivity contribution in [3.8, 4) is 11.5 Å². The van der Waals surface area contributed by atoms with Crippen molar-refractivity contribution in [3.05, 3.63) is 108 Å². The van der Waals surface area contributed by atoms with Crippen LogP contribution in [0.2, 0.25) is 0 Å². The zero-order chi connectivity index (χ0) is 28.5. The Bertz CT molecular complexity index is 1370. The van der Waals surface area contributed by atoms with Gasteiger partial charge in [-0.05, 0) is 61.2 Å². The van der Waals surface area contributed by atoms with Crippen molar-refractivity contribution in [3.63, 3.8) is 0 Å². The van der Waals surface area contributed by atoms with Gasteiger partial charge in [-0.2, -0.15) is 4.99 Å². The number of aromatic nitrogens is 2. The van der Waals surface area contributed by atoms with Gasteiger partial charge in [0.25, 0.3) is 0 Å². The van der Waals surface area contributed by atoms with Crippen molar-refractivity contribution in [2.75, 3.05) is 14.2 Å². The minimum atomic E-state index is -0.913. The Morgan fingerprint density at radius 1 is 0.975 bits per heavy atom. The van der Waals surface area contributed by atoms with Crippen molar-refractivity contribution in [1.82, 2.24) is 14.9 Å². The minimum absolute atomic E-state index is 0.00579. The number of benzene rings is 3. The summed E-state index contributed by atoms with van der Waals surface area (Å²) >= 11 is 0. The topological polar surface area (TPSA) is 113 Å². The molecule has 0 aliphatic rings. The second-order valence-electron chi connectivity index (χ2n) is 9.33. The second kappa shape index (κ2) is 12.9. The summed E-state index contributed by atoms with van der Waals surface area (Å²) < 4.78 is 19.9. The van der Waals surface area contributed by atoms with E-state index >= 15 is 0 Å². The third kappa shape index (κ3) is 6.16. The molecule has 0 aliphatic heterocycles. The Morgan fingerprint density at radius 2 is 1.52 bits per heavy atom. The van der Waals surface area contributed by atoms with Gasteiger partial charge in [0.15, 0.2) is 5.82 Å². The van der Waals surface area contributed by atoms with E-state index in [0.29, 0.717) is 30.9 Å². The Balaban J connectivity index is 1.73. The van der Waals surface area contributed by atoms with Crippen molar-refractivity contribution >= 4 is 18.2 Å². The predicted octanol–water partition coefficient (Wildman–Crippen LogP) is 4.69. The third-order valence-electron chi connectivity index (χ3n) is 6.75. The Kier molecular flexibility index (Phi) is 9.19. The molecule has 4 aromatic rings. The number of aliphatic imine (C=N–C) groups is 1. The summed E-state index contributed by atoms with van der Waals surface area (Å²) in [6.07, 6.45) is 2.66. The number of methoxy groups -OCH3 is 2. The highest BCUT2D eigenvalue weighted by Crippen LogP contribution is 2.43.